The Morgan fingerprint density at radius 3 is 2.65 bits per heavy atom. The van der Waals surface area contributed by atoms with Crippen LogP contribution in [-0.2, 0) is 0 Å². The second kappa shape index (κ2) is 3.74. The Morgan fingerprint density at radius 1 is 1.24 bits per heavy atom. The van der Waals surface area contributed by atoms with Crippen LogP contribution in [-0.4, -0.2) is 10.7 Å². The zero-order chi connectivity index (χ0) is 12.0. The molecule has 92 valence electrons. The highest BCUT2D eigenvalue weighted by Crippen LogP contribution is 2.53. The molecule has 1 aliphatic carbocycles. The smallest absolute Gasteiger partial charge is 0.125 e. The molecule has 1 heterocycles. The fourth-order valence-electron chi connectivity index (χ4n) is 3.20. The third kappa shape index (κ3) is 1.75. The predicted octanol–water partition coefficient (Wildman–Crippen LogP) is 3.31. The summed E-state index contributed by atoms with van der Waals surface area (Å²) in [5.41, 5.74) is 0.869. The molecule has 0 aromatic heterocycles. The van der Waals surface area contributed by atoms with Gasteiger partial charge in [0, 0.05) is 12.0 Å². The van der Waals surface area contributed by atoms with Crippen molar-refractivity contribution in [3.8, 4) is 5.75 Å². The van der Waals surface area contributed by atoms with Crippen LogP contribution in [0, 0.1) is 11.8 Å². The van der Waals surface area contributed by atoms with E-state index >= 15 is 0 Å². The van der Waals surface area contributed by atoms with Gasteiger partial charge in [-0.15, -0.1) is 0 Å². The Morgan fingerprint density at radius 2 is 1.94 bits per heavy atom. The topological polar surface area (TPSA) is 29.5 Å². The monoisotopic (exact) mass is 232 g/mol. The maximum atomic E-state index is 10.2. The van der Waals surface area contributed by atoms with Gasteiger partial charge in [0.2, 0.25) is 0 Å². The Hall–Kier alpha value is -1.02. The molecule has 3 rings (SSSR count). The summed E-state index contributed by atoms with van der Waals surface area (Å²) in [4.78, 5) is 0. The van der Waals surface area contributed by atoms with Crippen molar-refractivity contribution in [2.75, 3.05) is 0 Å². The zero-order valence-electron chi connectivity index (χ0n) is 10.5. The molecule has 0 saturated heterocycles. The van der Waals surface area contributed by atoms with Crippen LogP contribution in [0.2, 0.25) is 0 Å². The van der Waals surface area contributed by atoms with E-state index in [-0.39, 0.29) is 11.7 Å². The average molecular weight is 232 g/mol. The predicted molar refractivity (Wildman–Crippen MR) is 66.9 cm³/mol. The number of hydrogen-bond donors (Lipinski definition) is 1. The molecule has 1 spiro atoms. The Kier molecular flexibility index (Phi) is 2.44. The minimum atomic E-state index is -0.354. The van der Waals surface area contributed by atoms with Crippen molar-refractivity contribution < 1.29 is 9.84 Å². The van der Waals surface area contributed by atoms with E-state index < -0.39 is 0 Å². The second-order valence-electron chi connectivity index (χ2n) is 5.96. The molecule has 1 aromatic rings. The van der Waals surface area contributed by atoms with Crippen molar-refractivity contribution in [3.63, 3.8) is 0 Å². The van der Waals surface area contributed by atoms with Gasteiger partial charge in [0.1, 0.15) is 11.4 Å². The van der Waals surface area contributed by atoms with Gasteiger partial charge in [-0.25, -0.2) is 0 Å². The van der Waals surface area contributed by atoms with Gasteiger partial charge in [-0.05, 0) is 30.7 Å². The van der Waals surface area contributed by atoms with E-state index in [9.17, 15) is 5.11 Å². The standard InChI is InChI=1S/C15H20O2/c1-10(2)11-7-15(8-11)9-13(16)12-5-3-4-6-14(12)17-15/h3-6,10-11,13,16H,7-9H2,1-2H3. The molecule has 17 heavy (non-hydrogen) atoms. The number of fused-ring (bicyclic) bond motifs is 1. The largest absolute Gasteiger partial charge is 0.487 e. The number of hydrogen-bond acceptors (Lipinski definition) is 2. The summed E-state index contributed by atoms with van der Waals surface area (Å²) < 4.78 is 6.15. The van der Waals surface area contributed by atoms with E-state index in [0.29, 0.717) is 0 Å². The minimum absolute atomic E-state index is 0.0806. The quantitative estimate of drug-likeness (QED) is 0.805. The number of benzene rings is 1. The highest BCUT2D eigenvalue weighted by molar-refractivity contribution is 5.38. The molecule has 2 nitrogen and oxygen atoms in total. The van der Waals surface area contributed by atoms with Crippen molar-refractivity contribution in [1.29, 1.82) is 0 Å². The summed E-state index contributed by atoms with van der Waals surface area (Å²) in [7, 11) is 0. The van der Waals surface area contributed by atoms with Crippen LogP contribution < -0.4 is 4.74 Å². The van der Waals surface area contributed by atoms with E-state index in [4.69, 9.17) is 4.74 Å². The molecule has 0 amide bonds. The van der Waals surface area contributed by atoms with Crippen molar-refractivity contribution in [3.05, 3.63) is 29.8 Å². The van der Waals surface area contributed by atoms with Gasteiger partial charge in [-0.1, -0.05) is 32.0 Å². The molecule has 1 aromatic carbocycles. The van der Waals surface area contributed by atoms with Gasteiger partial charge < -0.3 is 9.84 Å². The molecular formula is C15H20O2. The highest BCUT2D eigenvalue weighted by Gasteiger charge is 2.50. The summed E-state index contributed by atoms with van der Waals surface area (Å²) in [6, 6.07) is 7.87. The first-order valence-corrected chi connectivity index (χ1v) is 6.56. The number of ether oxygens (including phenoxy) is 1. The molecule has 0 bridgehead atoms. The van der Waals surface area contributed by atoms with E-state index in [0.717, 1.165) is 42.4 Å². The first-order chi connectivity index (χ1) is 8.10. The summed E-state index contributed by atoms with van der Waals surface area (Å²) >= 11 is 0. The lowest BCUT2D eigenvalue weighted by molar-refractivity contribution is -0.108. The molecule has 0 radical (unpaired) electrons. The highest BCUT2D eigenvalue weighted by atomic mass is 16.5. The first-order valence-electron chi connectivity index (χ1n) is 6.56. The van der Waals surface area contributed by atoms with Crippen molar-refractivity contribution in [2.45, 2.75) is 44.8 Å². The molecule has 1 fully saturated rings. The molecule has 1 aliphatic heterocycles. The summed E-state index contributed by atoms with van der Waals surface area (Å²) in [6.45, 7) is 4.54. The van der Waals surface area contributed by atoms with Crippen LogP contribution in [0.5, 0.6) is 5.75 Å². The molecule has 2 heteroatoms. The van der Waals surface area contributed by atoms with Gasteiger partial charge in [-0.3, -0.25) is 0 Å². The van der Waals surface area contributed by atoms with Crippen LogP contribution in [0.4, 0.5) is 0 Å². The minimum Gasteiger partial charge on any atom is -0.487 e. The number of aliphatic hydroxyl groups is 1. The molecular weight excluding hydrogens is 212 g/mol. The number of para-hydroxylation sites is 1. The van der Waals surface area contributed by atoms with Gasteiger partial charge in [0.05, 0.1) is 6.10 Å². The van der Waals surface area contributed by atoms with Gasteiger partial charge >= 0.3 is 0 Å². The van der Waals surface area contributed by atoms with Crippen molar-refractivity contribution >= 4 is 0 Å². The molecule has 1 atom stereocenters. The Balaban J connectivity index is 1.81. The van der Waals surface area contributed by atoms with E-state index in [1.165, 1.54) is 0 Å². The third-order valence-electron chi connectivity index (χ3n) is 4.38. The fraction of sp³-hybridized carbons (Fsp3) is 0.600. The normalized spacial score (nSPS) is 35.3. The molecule has 1 unspecified atom stereocenters. The van der Waals surface area contributed by atoms with E-state index in [1.807, 2.05) is 24.3 Å². The van der Waals surface area contributed by atoms with Crippen LogP contribution >= 0.6 is 0 Å². The van der Waals surface area contributed by atoms with Crippen LogP contribution in [0.1, 0.15) is 44.8 Å². The molecule has 2 aliphatic rings. The van der Waals surface area contributed by atoms with Gasteiger partial charge in [0.25, 0.3) is 0 Å². The van der Waals surface area contributed by atoms with Gasteiger partial charge in [0.15, 0.2) is 0 Å². The zero-order valence-corrected chi connectivity index (χ0v) is 10.5. The fourth-order valence-corrected chi connectivity index (χ4v) is 3.20. The average Bonchev–Trinajstić information content (AvgIpc) is 2.25. The van der Waals surface area contributed by atoms with Crippen LogP contribution in [0.15, 0.2) is 24.3 Å². The van der Waals surface area contributed by atoms with Crippen LogP contribution in [0.3, 0.4) is 0 Å². The lowest BCUT2D eigenvalue weighted by Crippen LogP contribution is -2.53. The van der Waals surface area contributed by atoms with E-state index in [1.54, 1.807) is 0 Å². The van der Waals surface area contributed by atoms with Crippen molar-refractivity contribution in [2.24, 2.45) is 11.8 Å². The summed E-state index contributed by atoms with van der Waals surface area (Å²) in [6.07, 6.45) is 2.59. The maximum Gasteiger partial charge on any atom is 0.125 e. The lowest BCUT2D eigenvalue weighted by atomic mass is 9.63. The Labute approximate surface area is 103 Å². The summed E-state index contributed by atoms with van der Waals surface area (Å²) in [5, 5.41) is 10.2. The van der Waals surface area contributed by atoms with Crippen LogP contribution in [0.25, 0.3) is 0 Å². The molecule has 1 saturated carbocycles. The first kappa shape index (κ1) is 11.1. The number of rotatable bonds is 1. The van der Waals surface area contributed by atoms with Crippen molar-refractivity contribution in [1.82, 2.24) is 0 Å². The lowest BCUT2D eigenvalue weighted by Gasteiger charge is -2.52. The maximum absolute atomic E-state index is 10.2. The second-order valence-corrected chi connectivity index (χ2v) is 5.96. The Bertz CT molecular complexity index is 419. The van der Waals surface area contributed by atoms with E-state index in [2.05, 4.69) is 13.8 Å². The third-order valence-corrected chi connectivity index (χ3v) is 4.38. The van der Waals surface area contributed by atoms with Gasteiger partial charge in [-0.2, -0.15) is 0 Å². The molecule has 1 N–H and O–H groups in total. The SMILES string of the molecule is CC(C)C1CC2(CC(O)c3ccccc3O2)C1. The summed E-state index contributed by atoms with van der Waals surface area (Å²) in [5.74, 6) is 2.36. The number of aliphatic hydroxyl groups excluding tert-OH is 1.